The molecule has 0 bridgehead atoms. The molecule has 1 aliphatic rings. The number of nitrogens with two attached hydrogens (primary N) is 1. The van der Waals surface area contributed by atoms with E-state index in [1.165, 1.54) is 19.3 Å². The zero-order valence-corrected chi connectivity index (χ0v) is 8.01. The summed E-state index contributed by atoms with van der Waals surface area (Å²) in [6.07, 6.45) is 3.97. The molecule has 3 atom stereocenters. The van der Waals surface area contributed by atoms with Gasteiger partial charge in [-0.3, -0.25) is 0 Å². The molecule has 1 nitrogen and oxygen atoms in total. The molecule has 2 N–H and O–H groups in total. The Bertz CT molecular complexity index is 120. The van der Waals surface area contributed by atoms with Gasteiger partial charge in [-0.25, -0.2) is 0 Å². The second-order valence-corrected chi connectivity index (χ2v) is 4.49. The van der Waals surface area contributed by atoms with Crippen LogP contribution in [0.1, 0.15) is 40.0 Å². The van der Waals surface area contributed by atoms with E-state index in [0.29, 0.717) is 6.04 Å². The van der Waals surface area contributed by atoms with Crippen molar-refractivity contribution in [1.82, 2.24) is 0 Å². The lowest BCUT2D eigenvalue weighted by Crippen LogP contribution is -2.38. The number of hydrogen-bond acceptors (Lipinski definition) is 1. The van der Waals surface area contributed by atoms with Crippen molar-refractivity contribution in [1.29, 1.82) is 0 Å². The normalized spacial score (nSPS) is 39.5. The lowest BCUT2D eigenvalue weighted by molar-refractivity contribution is 0.199. The third-order valence-corrected chi connectivity index (χ3v) is 3.07. The minimum atomic E-state index is 0.471. The maximum absolute atomic E-state index is 6.07. The summed E-state index contributed by atoms with van der Waals surface area (Å²) in [6, 6.07) is 0.471. The fraction of sp³-hybridized carbons (Fsp3) is 1.00. The van der Waals surface area contributed by atoms with E-state index < -0.39 is 0 Å². The molecule has 0 aliphatic heterocycles. The van der Waals surface area contributed by atoms with Crippen LogP contribution in [0.25, 0.3) is 0 Å². The molecule has 0 heterocycles. The van der Waals surface area contributed by atoms with Crippen molar-refractivity contribution in [3.63, 3.8) is 0 Å². The van der Waals surface area contributed by atoms with Crippen molar-refractivity contribution < 1.29 is 0 Å². The van der Waals surface area contributed by atoms with Crippen LogP contribution < -0.4 is 5.73 Å². The third-order valence-electron chi connectivity index (χ3n) is 3.07. The molecule has 11 heavy (non-hydrogen) atoms. The Morgan fingerprint density at radius 3 is 2.36 bits per heavy atom. The second kappa shape index (κ2) is 3.57. The molecule has 1 rings (SSSR count). The summed E-state index contributed by atoms with van der Waals surface area (Å²) < 4.78 is 0. The summed E-state index contributed by atoms with van der Waals surface area (Å²) in [4.78, 5) is 0. The molecular formula is C10H21N. The molecule has 0 spiro atoms. The molecule has 0 amide bonds. The van der Waals surface area contributed by atoms with Crippen molar-refractivity contribution in [2.24, 2.45) is 23.5 Å². The Balaban J connectivity index is 2.44. The Morgan fingerprint density at radius 1 is 1.27 bits per heavy atom. The number of hydrogen-bond donors (Lipinski definition) is 1. The third kappa shape index (κ3) is 2.19. The van der Waals surface area contributed by atoms with Gasteiger partial charge in [0.2, 0.25) is 0 Å². The van der Waals surface area contributed by atoms with Crippen molar-refractivity contribution >= 4 is 0 Å². The molecule has 0 aromatic carbocycles. The summed E-state index contributed by atoms with van der Waals surface area (Å²) in [5.41, 5.74) is 6.07. The van der Waals surface area contributed by atoms with Gasteiger partial charge in [-0.2, -0.15) is 0 Å². The molecule has 66 valence electrons. The van der Waals surface area contributed by atoms with E-state index in [4.69, 9.17) is 5.73 Å². The summed E-state index contributed by atoms with van der Waals surface area (Å²) in [6.45, 7) is 6.90. The summed E-state index contributed by atoms with van der Waals surface area (Å²) in [5.74, 6) is 2.42. The first-order chi connectivity index (χ1) is 5.11. The zero-order chi connectivity index (χ0) is 8.43. The van der Waals surface area contributed by atoms with Crippen molar-refractivity contribution in [2.45, 2.75) is 46.1 Å². The van der Waals surface area contributed by atoms with Crippen LogP contribution in [-0.2, 0) is 0 Å². The van der Waals surface area contributed by atoms with Gasteiger partial charge < -0.3 is 5.73 Å². The SMILES string of the molecule is CC(C)[C@H]1CC[C@H](C)CC1N. The standard InChI is InChI=1S/C10H21N/c1-7(2)9-5-4-8(3)6-10(9)11/h7-10H,4-6,11H2,1-3H3/t8-,9+,10?/m0/s1. The largest absolute Gasteiger partial charge is 0.327 e. The maximum atomic E-state index is 6.07. The fourth-order valence-electron chi connectivity index (χ4n) is 2.28. The van der Waals surface area contributed by atoms with Crippen LogP contribution in [0.4, 0.5) is 0 Å². The Labute approximate surface area is 70.4 Å². The minimum absolute atomic E-state index is 0.471. The van der Waals surface area contributed by atoms with Crippen LogP contribution in [0.15, 0.2) is 0 Å². The van der Waals surface area contributed by atoms with Gasteiger partial charge in [0, 0.05) is 6.04 Å². The van der Waals surface area contributed by atoms with Crippen LogP contribution in [0.2, 0.25) is 0 Å². The van der Waals surface area contributed by atoms with Crippen LogP contribution in [0.5, 0.6) is 0 Å². The predicted octanol–water partition coefficient (Wildman–Crippen LogP) is 2.41. The highest BCUT2D eigenvalue weighted by atomic mass is 14.7. The van der Waals surface area contributed by atoms with E-state index in [-0.39, 0.29) is 0 Å². The van der Waals surface area contributed by atoms with Gasteiger partial charge in [-0.15, -0.1) is 0 Å². The Kier molecular flexibility index (Phi) is 2.94. The topological polar surface area (TPSA) is 26.0 Å². The van der Waals surface area contributed by atoms with Gasteiger partial charge in [0.05, 0.1) is 0 Å². The van der Waals surface area contributed by atoms with Gasteiger partial charge >= 0.3 is 0 Å². The van der Waals surface area contributed by atoms with Gasteiger partial charge in [-0.05, 0) is 30.6 Å². The maximum Gasteiger partial charge on any atom is 0.00721 e. The van der Waals surface area contributed by atoms with Crippen LogP contribution in [0, 0.1) is 17.8 Å². The Morgan fingerprint density at radius 2 is 1.91 bits per heavy atom. The van der Waals surface area contributed by atoms with E-state index in [0.717, 1.165) is 17.8 Å². The lowest BCUT2D eigenvalue weighted by Gasteiger charge is -2.34. The summed E-state index contributed by atoms with van der Waals surface area (Å²) in [5, 5.41) is 0. The van der Waals surface area contributed by atoms with Gasteiger partial charge in [0.1, 0.15) is 0 Å². The fourth-order valence-corrected chi connectivity index (χ4v) is 2.28. The molecule has 1 heteroatoms. The van der Waals surface area contributed by atoms with Gasteiger partial charge in [-0.1, -0.05) is 27.2 Å². The van der Waals surface area contributed by atoms with E-state index in [9.17, 15) is 0 Å². The van der Waals surface area contributed by atoms with E-state index in [1.54, 1.807) is 0 Å². The van der Waals surface area contributed by atoms with Crippen LogP contribution in [-0.4, -0.2) is 6.04 Å². The molecule has 1 unspecified atom stereocenters. The second-order valence-electron chi connectivity index (χ2n) is 4.49. The minimum Gasteiger partial charge on any atom is -0.327 e. The van der Waals surface area contributed by atoms with Crippen molar-refractivity contribution in [3.8, 4) is 0 Å². The average Bonchev–Trinajstić information content (AvgIpc) is 1.85. The molecule has 1 fully saturated rings. The summed E-state index contributed by atoms with van der Waals surface area (Å²) >= 11 is 0. The zero-order valence-electron chi connectivity index (χ0n) is 8.01. The molecule has 0 aromatic heterocycles. The lowest BCUT2D eigenvalue weighted by atomic mass is 9.74. The molecule has 0 saturated heterocycles. The van der Waals surface area contributed by atoms with Crippen molar-refractivity contribution in [3.05, 3.63) is 0 Å². The van der Waals surface area contributed by atoms with E-state index in [1.807, 2.05) is 0 Å². The van der Waals surface area contributed by atoms with Gasteiger partial charge in [0.15, 0.2) is 0 Å². The quantitative estimate of drug-likeness (QED) is 0.618. The van der Waals surface area contributed by atoms with E-state index >= 15 is 0 Å². The molecule has 0 aromatic rings. The average molecular weight is 155 g/mol. The first kappa shape index (κ1) is 9.05. The van der Waals surface area contributed by atoms with Gasteiger partial charge in [0.25, 0.3) is 0 Å². The highest BCUT2D eigenvalue weighted by Crippen LogP contribution is 2.31. The molecule has 0 radical (unpaired) electrons. The number of rotatable bonds is 1. The van der Waals surface area contributed by atoms with Crippen LogP contribution >= 0.6 is 0 Å². The van der Waals surface area contributed by atoms with E-state index in [2.05, 4.69) is 20.8 Å². The first-order valence-electron chi connectivity index (χ1n) is 4.87. The first-order valence-corrected chi connectivity index (χ1v) is 4.87. The molecule has 1 saturated carbocycles. The smallest absolute Gasteiger partial charge is 0.00721 e. The Hall–Kier alpha value is -0.0400. The highest BCUT2D eigenvalue weighted by Gasteiger charge is 2.27. The molecular weight excluding hydrogens is 134 g/mol. The highest BCUT2D eigenvalue weighted by molar-refractivity contribution is 4.82. The summed E-state index contributed by atoms with van der Waals surface area (Å²) in [7, 11) is 0. The van der Waals surface area contributed by atoms with Crippen LogP contribution in [0.3, 0.4) is 0 Å². The predicted molar refractivity (Wildman–Crippen MR) is 49.3 cm³/mol. The van der Waals surface area contributed by atoms with Crippen molar-refractivity contribution in [2.75, 3.05) is 0 Å². The molecule has 1 aliphatic carbocycles. The monoisotopic (exact) mass is 155 g/mol.